The van der Waals surface area contributed by atoms with Gasteiger partial charge in [-0.2, -0.15) is 9.29 Å². The Kier molecular flexibility index (Phi) is 4.75. The van der Waals surface area contributed by atoms with Gasteiger partial charge in [0.15, 0.2) is 0 Å². The van der Waals surface area contributed by atoms with E-state index in [0.29, 0.717) is 42.7 Å². The van der Waals surface area contributed by atoms with E-state index in [4.69, 9.17) is 0 Å². The van der Waals surface area contributed by atoms with Gasteiger partial charge >= 0.3 is 0 Å². The van der Waals surface area contributed by atoms with Crippen LogP contribution in [0.1, 0.15) is 5.56 Å². The Morgan fingerprint density at radius 2 is 1.65 bits per heavy atom. The van der Waals surface area contributed by atoms with Crippen LogP contribution in [0.5, 0.6) is 0 Å². The van der Waals surface area contributed by atoms with Gasteiger partial charge in [-0.1, -0.05) is 18.2 Å². The molecule has 2 aromatic carbocycles. The Labute approximate surface area is 180 Å². The van der Waals surface area contributed by atoms with E-state index in [1.807, 2.05) is 55.6 Å². The van der Waals surface area contributed by atoms with Crippen LogP contribution in [0.15, 0.2) is 76.6 Å². The van der Waals surface area contributed by atoms with Crippen molar-refractivity contribution < 1.29 is 8.42 Å². The molecule has 0 N–H and O–H groups in total. The van der Waals surface area contributed by atoms with Crippen molar-refractivity contribution in [2.75, 3.05) is 31.1 Å². The van der Waals surface area contributed by atoms with Gasteiger partial charge in [0.2, 0.25) is 10.0 Å². The molecular weight excluding hydrogens is 412 g/mol. The van der Waals surface area contributed by atoms with E-state index in [9.17, 15) is 13.2 Å². The van der Waals surface area contributed by atoms with E-state index in [0.717, 1.165) is 11.3 Å². The van der Waals surface area contributed by atoms with Crippen LogP contribution in [0, 0.1) is 6.92 Å². The summed E-state index contributed by atoms with van der Waals surface area (Å²) in [7, 11) is -3.71. The van der Waals surface area contributed by atoms with Crippen LogP contribution >= 0.6 is 0 Å². The highest BCUT2D eigenvalue weighted by Crippen LogP contribution is 2.23. The number of benzene rings is 2. The first kappa shape index (κ1) is 19.7. The lowest BCUT2D eigenvalue weighted by molar-refractivity contribution is 0.385. The van der Waals surface area contributed by atoms with Crippen molar-refractivity contribution in [3.05, 3.63) is 82.8 Å². The van der Waals surface area contributed by atoms with Gasteiger partial charge in [0.1, 0.15) is 5.65 Å². The second-order valence-electron chi connectivity index (χ2n) is 7.75. The fraction of sp³-hybridized carbons (Fsp3) is 0.217. The van der Waals surface area contributed by atoms with Crippen molar-refractivity contribution in [2.24, 2.45) is 0 Å². The van der Waals surface area contributed by atoms with Crippen LogP contribution in [-0.4, -0.2) is 48.3 Å². The molecule has 8 heteroatoms. The lowest BCUT2D eigenvalue weighted by atomic mass is 10.2. The van der Waals surface area contributed by atoms with E-state index in [-0.39, 0.29) is 4.90 Å². The van der Waals surface area contributed by atoms with E-state index in [1.54, 1.807) is 16.5 Å². The minimum Gasteiger partial charge on any atom is -0.369 e. The van der Waals surface area contributed by atoms with Crippen LogP contribution in [0.2, 0.25) is 0 Å². The standard InChI is InChI=1S/C23H22N4O3S/c1-17-9-10-27-21-8-7-19(16-20(21)23(28)24-22(27)15-17)31(29,30)26-13-11-25(12-14-26)18-5-3-2-4-6-18/h2-10,15-16H,11-14H2,1H3. The summed E-state index contributed by atoms with van der Waals surface area (Å²) in [6, 6.07) is 18.4. The Balaban J connectivity index is 1.47. The molecule has 1 saturated heterocycles. The lowest BCUT2D eigenvalue weighted by Crippen LogP contribution is -2.48. The maximum atomic E-state index is 13.3. The summed E-state index contributed by atoms with van der Waals surface area (Å²) in [5.74, 6) is 0. The van der Waals surface area contributed by atoms with E-state index < -0.39 is 15.6 Å². The molecular formula is C23H22N4O3S. The first-order valence-corrected chi connectivity index (χ1v) is 11.6. The highest BCUT2D eigenvalue weighted by atomic mass is 32.2. The van der Waals surface area contributed by atoms with Crippen molar-refractivity contribution in [2.45, 2.75) is 11.8 Å². The predicted octanol–water partition coefficient (Wildman–Crippen LogP) is 2.67. The Morgan fingerprint density at radius 1 is 0.903 bits per heavy atom. The molecule has 5 rings (SSSR count). The van der Waals surface area contributed by atoms with Crippen molar-refractivity contribution in [1.29, 1.82) is 0 Å². The molecule has 1 aliphatic rings. The molecule has 2 aromatic heterocycles. The Bertz CT molecular complexity index is 1440. The molecule has 7 nitrogen and oxygen atoms in total. The van der Waals surface area contributed by atoms with E-state index >= 15 is 0 Å². The molecule has 0 saturated carbocycles. The minimum absolute atomic E-state index is 0.124. The summed E-state index contributed by atoms with van der Waals surface area (Å²) < 4.78 is 29.8. The molecule has 0 bridgehead atoms. The third-order valence-electron chi connectivity index (χ3n) is 5.76. The number of fused-ring (bicyclic) bond motifs is 3. The number of rotatable bonds is 3. The summed E-state index contributed by atoms with van der Waals surface area (Å²) in [5, 5.41) is 0.297. The van der Waals surface area contributed by atoms with Gasteiger partial charge in [-0.25, -0.2) is 8.42 Å². The van der Waals surface area contributed by atoms with Gasteiger partial charge in [-0.05, 0) is 55.0 Å². The number of nitrogens with zero attached hydrogens (tertiary/aromatic N) is 4. The number of sulfonamides is 1. The number of piperazine rings is 1. The molecule has 3 heterocycles. The number of para-hydroxylation sites is 1. The fourth-order valence-electron chi connectivity index (χ4n) is 4.08. The average Bonchev–Trinajstić information content (AvgIpc) is 2.79. The monoisotopic (exact) mass is 434 g/mol. The van der Waals surface area contributed by atoms with Crippen LogP contribution < -0.4 is 10.5 Å². The zero-order valence-corrected chi connectivity index (χ0v) is 17.9. The molecule has 0 aliphatic carbocycles. The van der Waals surface area contributed by atoms with Crippen molar-refractivity contribution in [1.82, 2.24) is 13.7 Å². The maximum Gasteiger partial charge on any atom is 0.281 e. The highest BCUT2D eigenvalue weighted by Gasteiger charge is 2.29. The minimum atomic E-state index is -3.71. The summed E-state index contributed by atoms with van der Waals surface area (Å²) in [4.78, 5) is 19.1. The van der Waals surface area contributed by atoms with Crippen molar-refractivity contribution in [3.63, 3.8) is 0 Å². The Hall–Kier alpha value is -3.23. The normalized spacial score (nSPS) is 15.6. The van der Waals surface area contributed by atoms with Crippen molar-refractivity contribution in [3.8, 4) is 0 Å². The molecule has 0 spiro atoms. The molecule has 1 fully saturated rings. The molecule has 4 aromatic rings. The zero-order valence-electron chi connectivity index (χ0n) is 17.1. The van der Waals surface area contributed by atoms with Gasteiger partial charge in [0.05, 0.1) is 15.8 Å². The summed E-state index contributed by atoms with van der Waals surface area (Å²) >= 11 is 0. The summed E-state index contributed by atoms with van der Waals surface area (Å²) in [6.07, 6.45) is 1.84. The van der Waals surface area contributed by atoms with E-state index in [2.05, 4.69) is 9.88 Å². The Morgan fingerprint density at radius 3 is 2.39 bits per heavy atom. The maximum absolute atomic E-state index is 13.3. The van der Waals surface area contributed by atoms with Crippen LogP contribution in [0.4, 0.5) is 5.69 Å². The second kappa shape index (κ2) is 7.47. The summed E-state index contributed by atoms with van der Waals surface area (Å²) in [5.41, 5.74) is 2.85. The fourth-order valence-corrected chi connectivity index (χ4v) is 5.52. The van der Waals surface area contributed by atoms with Gasteiger partial charge in [-0.3, -0.25) is 4.79 Å². The highest BCUT2D eigenvalue weighted by molar-refractivity contribution is 7.89. The van der Waals surface area contributed by atoms with Crippen molar-refractivity contribution >= 4 is 32.3 Å². The molecule has 0 atom stereocenters. The lowest BCUT2D eigenvalue weighted by Gasteiger charge is -2.35. The molecule has 0 radical (unpaired) electrons. The van der Waals surface area contributed by atoms with Gasteiger partial charge in [0.25, 0.3) is 5.56 Å². The third-order valence-corrected chi connectivity index (χ3v) is 7.66. The summed E-state index contributed by atoms with van der Waals surface area (Å²) in [6.45, 7) is 3.95. The number of pyridine rings is 1. The number of anilines is 1. The molecule has 1 aliphatic heterocycles. The number of hydrogen-bond donors (Lipinski definition) is 0. The van der Waals surface area contributed by atoms with Gasteiger partial charge in [-0.15, -0.1) is 0 Å². The molecule has 0 unspecified atom stereocenters. The van der Waals surface area contributed by atoms with Gasteiger partial charge in [0, 0.05) is 38.1 Å². The largest absolute Gasteiger partial charge is 0.369 e. The van der Waals surface area contributed by atoms with Crippen LogP contribution in [0.3, 0.4) is 0 Å². The topological polar surface area (TPSA) is 75.0 Å². The van der Waals surface area contributed by atoms with E-state index in [1.165, 1.54) is 10.4 Å². The molecule has 0 amide bonds. The third kappa shape index (κ3) is 3.47. The zero-order chi connectivity index (χ0) is 21.6. The first-order chi connectivity index (χ1) is 14.9. The van der Waals surface area contributed by atoms with Gasteiger partial charge < -0.3 is 9.30 Å². The molecule has 31 heavy (non-hydrogen) atoms. The SMILES string of the molecule is Cc1ccn2c(c1)nc(=O)c1cc(S(=O)(=O)N3CCN(c4ccccc4)CC3)ccc12. The average molecular weight is 435 g/mol. The van der Waals surface area contributed by atoms with Crippen LogP contribution in [0.25, 0.3) is 16.6 Å². The number of hydrogen-bond acceptors (Lipinski definition) is 5. The van der Waals surface area contributed by atoms with Crippen LogP contribution in [-0.2, 0) is 10.0 Å². The first-order valence-electron chi connectivity index (χ1n) is 10.2. The quantitative estimate of drug-likeness (QED) is 0.464. The molecule has 158 valence electrons. The second-order valence-corrected chi connectivity index (χ2v) is 9.69. The smallest absolute Gasteiger partial charge is 0.281 e. The predicted molar refractivity (Wildman–Crippen MR) is 121 cm³/mol. The number of aromatic nitrogens is 2. The number of aryl methyl sites for hydroxylation is 1.